The van der Waals surface area contributed by atoms with Crippen LogP contribution in [0.15, 0.2) is 36.9 Å². The molecule has 2 aromatic heterocycles. The number of nitro benzene ring substituents is 1. The Labute approximate surface area is 177 Å². The molecule has 0 radical (unpaired) electrons. The summed E-state index contributed by atoms with van der Waals surface area (Å²) in [4.78, 5) is 29.7. The number of nitro groups is 1. The topological polar surface area (TPSA) is 115 Å². The Bertz CT molecular complexity index is 1130. The predicted octanol–water partition coefficient (Wildman–Crippen LogP) is 3.07. The van der Waals surface area contributed by atoms with Crippen molar-refractivity contribution in [2.45, 2.75) is 32.2 Å². The molecule has 1 aliphatic heterocycles. The first-order chi connectivity index (χ1) is 14.5. The standard InChI is InChI=1S/C19H21N7O3S/c1-2-25-17(21-22-19(25)30)13-5-8-23(9-6-13)18(27)14-3-4-15(16(11-14)26(28)29)24-10-7-20-12-24/h3-4,7,10-13H,2,5-6,8-9H2,1H3,(H,22,30). The zero-order chi connectivity index (χ0) is 21.3. The highest BCUT2D eigenvalue weighted by atomic mass is 32.1. The monoisotopic (exact) mass is 427 g/mol. The molecular formula is C19H21N7O3S. The minimum absolute atomic E-state index is 0.132. The number of H-pyrrole nitrogens is 1. The van der Waals surface area contributed by atoms with Crippen molar-refractivity contribution >= 4 is 23.8 Å². The fourth-order valence-corrected chi connectivity index (χ4v) is 4.16. The van der Waals surface area contributed by atoms with Gasteiger partial charge < -0.3 is 14.0 Å². The van der Waals surface area contributed by atoms with Crippen molar-refractivity contribution in [1.82, 2.24) is 29.2 Å². The largest absolute Gasteiger partial charge is 0.339 e. The molecule has 4 rings (SSSR count). The van der Waals surface area contributed by atoms with E-state index in [2.05, 4.69) is 15.2 Å². The van der Waals surface area contributed by atoms with Crippen molar-refractivity contribution in [3.63, 3.8) is 0 Å². The highest BCUT2D eigenvalue weighted by molar-refractivity contribution is 7.71. The van der Waals surface area contributed by atoms with Crippen LogP contribution in [0.3, 0.4) is 0 Å². The summed E-state index contributed by atoms with van der Waals surface area (Å²) in [6.07, 6.45) is 6.19. The number of amides is 1. The van der Waals surface area contributed by atoms with Crippen LogP contribution in [0.25, 0.3) is 5.69 Å². The van der Waals surface area contributed by atoms with Gasteiger partial charge >= 0.3 is 0 Å². The Kier molecular flexibility index (Phi) is 5.44. The summed E-state index contributed by atoms with van der Waals surface area (Å²) in [6.45, 7) is 3.89. The second kappa shape index (κ2) is 8.19. The Hall–Kier alpha value is -3.34. The van der Waals surface area contributed by atoms with Crippen molar-refractivity contribution in [3.8, 4) is 5.69 Å². The summed E-state index contributed by atoms with van der Waals surface area (Å²) in [5, 5.41) is 18.8. The molecule has 1 aromatic carbocycles. The third kappa shape index (κ3) is 3.63. The molecule has 1 N–H and O–H groups in total. The molecule has 0 aliphatic carbocycles. The van der Waals surface area contributed by atoms with Gasteiger partial charge in [-0.3, -0.25) is 20.0 Å². The Morgan fingerprint density at radius 3 is 2.77 bits per heavy atom. The quantitative estimate of drug-likeness (QED) is 0.380. The van der Waals surface area contributed by atoms with E-state index >= 15 is 0 Å². The molecule has 3 aromatic rings. The first-order valence-electron chi connectivity index (χ1n) is 9.70. The average molecular weight is 427 g/mol. The second-order valence-electron chi connectivity index (χ2n) is 7.13. The van der Waals surface area contributed by atoms with Crippen molar-refractivity contribution < 1.29 is 9.72 Å². The van der Waals surface area contributed by atoms with Gasteiger partial charge in [-0.05, 0) is 44.1 Å². The highest BCUT2D eigenvalue weighted by Crippen LogP contribution is 2.29. The molecule has 30 heavy (non-hydrogen) atoms. The summed E-state index contributed by atoms with van der Waals surface area (Å²) >= 11 is 5.26. The number of imidazole rings is 1. The van der Waals surface area contributed by atoms with Gasteiger partial charge in [0.2, 0.25) is 0 Å². The van der Waals surface area contributed by atoms with E-state index in [4.69, 9.17) is 12.2 Å². The van der Waals surface area contributed by atoms with Gasteiger partial charge in [-0.15, -0.1) is 0 Å². The average Bonchev–Trinajstić information content (AvgIpc) is 3.42. The smallest absolute Gasteiger partial charge is 0.294 e. The summed E-state index contributed by atoms with van der Waals surface area (Å²) in [5.74, 6) is 0.943. The van der Waals surface area contributed by atoms with Crippen LogP contribution in [-0.2, 0) is 6.54 Å². The highest BCUT2D eigenvalue weighted by Gasteiger charge is 2.28. The number of nitrogens with one attached hydrogen (secondary N) is 1. The number of likely N-dealkylation sites (tertiary alicyclic amines) is 1. The molecule has 1 amide bonds. The third-order valence-electron chi connectivity index (χ3n) is 5.45. The van der Waals surface area contributed by atoms with E-state index in [1.165, 1.54) is 12.4 Å². The summed E-state index contributed by atoms with van der Waals surface area (Å²) in [7, 11) is 0. The van der Waals surface area contributed by atoms with Crippen molar-refractivity contribution in [3.05, 3.63) is 63.2 Å². The number of nitrogens with zero attached hydrogens (tertiary/aromatic N) is 6. The Morgan fingerprint density at radius 2 is 2.13 bits per heavy atom. The SMILES string of the molecule is CCn1c(C2CCN(C(=O)c3ccc(-n4ccnc4)c([N+](=O)[O-])c3)CC2)n[nH]c1=S. The number of hydrogen-bond acceptors (Lipinski definition) is 6. The van der Waals surface area contributed by atoms with E-state index in [0.717, 1.165) is 25.2 Å². The first kappa shape index (κ1) is 20.0. The first-order valence-corrected chi connectivity index (χ1v) is 10.1. The van der Waals surface area contributed by atoms with Gasteiger partial charge in [-0.25, -0.2) is 4.98 Å². The van der Waals surface area contributed by atoms with Crippen LogP contribution in [0.5, 0.6) is 0 Å². The minimum atomic E-state index is -0.480. The maximum atomic E-state index is 13.0. The van der Waals surface area contributed by atoms with Crippen molar-refractivity contribution in [2.24, 2.45) is 0 Å². The molecule has 3 heterocycles. The van der Waals surface area contributed by atoms with E-state index < -0.39 is 4.92 Å². The summed E-state index contributed by atoms with van der Waals surface area (Å²) in [5.41, 5.74) is 0.544. The van der Waals surface area contributed by atoms with Gasteiger partial charge in [0.05, 0.1) is 11.3 Å². The molecule has 10 nitrogen and oxygen atoms in total. The number of aromatic nitrogens is 5. The lowest BCUT2D eigenvalue weighted by atomic mass is 9.95. The lowest BCUT2D eigenvalue weighted by Gasteiger charge is -2.31. The molecule has 1 saturated heterocycles. The van der Waals surface area contributed by atoms with Gasteiger partial charge in [0.1, 0.15) is 11.5 Å². The van der Waals surface area contributed by atoms with Crippen LogP contribution < -0.4 is 0 Å². The van der Waals surface area contributed by atoms with E-state index in [1.807, 2.05) is 11.5 Å². The third-order valence-corrected chi connectivity index (χ3v) is 5.76. The number of aromatic amines is 1. The van der Waals surface area contributed by atoms with Gasteiger partial charge in [0, 0.05) is 49.6 Å². The number of carbonyl (C=O) groups is 1. The van der Waals surface area contributed by atoms with E-state index in [-0.39, 0.29) is 17.5 Å². The minimum Gasteiger partial charge on any atom is -0.339 e. The maximum Gasteiger partial charge on any atom is 0.294 e. The number of piperidine rings is 1. The molecule has 11 heteroatoms. The molecule has 1 aliphatic rings. The Morgan fingerprint density at radius 1 is 1.37 bits per heavy atom. The fourth-order valence-electron chi connectivity index (χ4n) is 3.89. The lowest BCUT2D eigenvalue weighted by molar-refractivity contribution is -0.384. The van der Waals surface area contributed by atoms with Gasteiger partial charge in [-0.1, -0.05) is 0 Å². The molecule has 156 valence electrons. The van der Waals surface area contributed by atoms with Crippen LogP contribution in [-0.4, -0.2) is 53.1 Å². The number of rotatable bonds is 5. The van der Waals surface area contributed by atoms with Crippen LogP contribution in [0.4, 0.5) is 5.69 Å². The van der Waals surface area contributed by atoms with E-state index in [9.17, 15) is 14.9 Å². The van der Waals surface area contributed by atoms with Gasteiger partial charge in [-0.2, -0.15) is 5.10 Å². The lowest BCUT2D eigenvalue weighted by Crippen LogP contribution is -2.38. The molecule has 0 atom stereocenters. The fraction of sp³-hybridized carbons (Fsp3) is 0.368. The Balaban J connectivity index is 1.51. The van der Waals surface area contributed by atoms with Gasteiger partial charge in [0.15, 0.2) is 4.77 Å². The molecule has 1 fully saturated rings. The van der Waals surface area contributed by atoms with Crippen LogP contribution >= 0.6 is 12.2 Å². The predicted molar refractivity (Wildman–Crippen MR) is 111 cm³/mol. The molecule has 0 unspecified atom stereocenters. The van der Waals surface area contributed by atoms with Crippen LogP contribution in [0.1, 0.15) is 41.9 Å². The number of carbonyl (C=O) groups excluding carboxylic acids is 1. The van der Waals surface area contributed by atoms with E-state index in [0.29, 0.717) is 29.1 Å². The zero-order valence-electron chi connectivity index (χ0n) is 16.4. The van der Waals surface area contributed by atoms with Crippen molar-refractivity contribution in [2.75, 3.05) is 13.1 Å². The number of hydrogen-bond donors (Lipinski definition) is 1. The van der Waals surface area contributed by atoms with E-state index in [1.54, 1.807) is 34.0 Å². The molecule has 0 spiro atoms. The zero-order valence-corrected chi connectivity index (χ0v) is 17.2. The van der Waals surface area contributed by atoms with Crippen LogP contribution in [0, 0.1) is 14.9 Å². The maximum absolute atomic E-state index is 13.0. The van der Waals surface area contributed by atoms with Gasteiger partial charge in [0.25, 0.3) is 11.6 Å². The molecule has 0 bridgehead atoms. The summed E-state index contributed by atoms with van der Waals surface area (Å²) < 4.78 is 4.14. The van der Waals surface area contributed by atoms with Crippen LogP contribution in [0.2, 0.25) is 0 Å². The number of benzene rings is 1. The molecular weight excluding hydrogens is 406 g/mol. The summed E-state index contributed by atoms with van der Waals surface area (Å²) in [6, 6.07) is 4.55. The van der Waals surface area contributed by atoms with Crippen molar-refractivity contribution in [1.29, 1.82) is 0 Å². The molecule has 0 saturated carbocycles. The second-order valence-corrected chi connectivity index (χ2v) is 7.51. The normalized spacial score (nSPS) is 14.8.